The van der Waals surface area contributed by atoms with Gasteiger partial charge in [-0.1, -0.05) is 19.1 Å². The van der Waals surface area contributed by atoms with Crippen molar-refractivity contribution in [3.05, 3.63) is 29.8 Å². The highest BCUT2D eigenvalue weighted by atomic mass is 16.2. The molecule has 150 valence electrons. The number of carbonyl (C=O) groups excluding carboxylic acids is 1. The number of piperidine rings is 2. The minimum absolute atomic E-state index is 0.247. The van der Waals surface area contributed by atoms with Crippen molar-refractivity contribution in [2.24, 2.45) is 11.8 Å². The van der Waals surface area contributed by atoms with Crippen LogP contribution in [-0.2, 0) is 11.3 Å². The lowest BCUT2D eigenvalue weighted by atomic mass is 9.92. The molecule has 0 bridgehead atoms. The predicted octanol–water partition coefficient (Wildman–Crippen LogP) is 4.00. The number of nitrogens with zero attached hydrogens (tertiary/aromatic N) is 3. The minimum Gasteiger partial charge on any atom is -0.372 e. The Labute approximate surface area is 165 Å². The van der Waals surface area contributed by atoms with Crippen LogP contribution in [0.3, 0.4) is 0 Å². The summed E-state index contributed by atoms with van der Waals surface area (Å²) in [5.74, 6) is 1.34. The molecule has 0 saturated carbocycles. The molecule has 1 unspecified atom stereocenters. The predicted molar refractivity (Wildman–Crippen MR) is 113 cm³/mol. The Morgan fingerprint density at radius 1 is 1.04 bits per heavy atom. The lowest BCUT2D eigenvalue weighted by Crippen LogP contribution is -2.45. The molecule has 2 heterocycles. The van der Waals surface area contributed by atoms with Gasteiger partial charge >= 0.3 is 0 Å². The molecule has 1 aromatic rings. The molecule has 3 rings (SSSR count). The van der Waals surface area contributed by atoms with Gasteiger partial charge in [0.15, 0.2) is 0 Å². The molecular weight excluding hydrogens is 334 g/mol. The number of likely N-dealkylation sites (tertiary alicyclic amines) is 2. The minimum atomic E-state index is 0.247. The van der Waals surface area contributed by atoms with E-state index in [4.69, 9.17) is 0 Å². The van der Waals surface area contributed by atoms with Gasteiger partial charge in [0.2, 0.25) is 5.91 Å². The fourth-order valence-corrected chi connectivity index (χ4v) is 4.64. The molecule has 1 amide bonds. The quantitative estimate of drug-likeness (QED) is 0.756. The van der Waals surface area contributed by atoms with Crippen LogP contribution in [0.25, 0.3) is 0 Å². The number of amides is 1. The monoisotopic (exact) mass is 371 g/mol. The highest BCUT2D eigenvalue weighted by Crippen LogP contribution is 2.25. The van der Waals surface area contributed by atoms with E-state index in [1.54, 1.807) is 0 Å². The Morgan fingerprint density at radius 3 is 2.30 bits per heavy atom. The van der Waals surface area contributed by atoms with Crippen LogP contribution in [0, 0.1) is 11.8 Å². The van der Waals surface area contributed by atoms with E-state index in [0.717, 1.165) is 58.7 Å². The zero-order valence-corrected chi connectivity index (χ0v) is 17.5. The van der Waals surface area contributed by atoms with Gasteiger partial charge in [-0.25, -0.2) is 0 Å². The van der Waals surface area contributed by atoms with E-state index < -0.39 is 0 Å². The van der Waals surface area contributed by atoms with Crippen molar-refractivity contribution in [2.75, 3.05) is 44.2 Å². The van der Waals surface area contributed by atoms with E-state index in [1.807, 2.05) is 0 Å². The van der Waals surface area contributed by atoms with E-state index in [0.29, 0.717) is 11.8 Å². The van der Waals surface area contributed by atoms with Crippen molar-refractivity contribution in [1.29, 1.82) is 0 Å². The Balaban J connectivity index is 1.47. The topological polar surface area (TPSA) is 26.8 Å². The molecule has 2 aliphatic heterocycles. The van der Waals surface area contributed by atoms with Crippen molar-refractivity contribution in [3.8, 4) is 0 Å². The first kappa shape index (κ1) is 20.2. The summed E-state index contributed by atoms with van der Waals surface area (Å²) in [5.41, 5.74) is 2.68. The van der Waals surface area contributed by atoms with Crippen LogP contribution in [0.2, 0.25) is 0 Å². The van der Waals surface area contributed by atoms with Crippen LogP contribution in [0.15, 0.2) is 24.3 Å². The van der Waals surface area contributed by atoms with Crippen molar-refractivity contribution in [3.63, 3.8) is 0 Å². The number of rotatable bonds is 6. The average Bonchev–Trinajstić information content (AvgIpc) is 2.70. The molecule has 0 N–H and O–H groups in total. The van der Waals surface area contributed by atoms with Crippen molar-refractivity contribution in [2.45, 2.75) is 53.0 Å². The van der Waals surface area contributed by atoms with Crippen LogP contribution in [0.1, 0.15) is 52.0 Å². The molecule has 0 spiro atoms. The molecule has 1 atom stereocenters. The van der Waals surface area contributed by atoms with E-state index in [-0.39, 0.29) is 5.92 Å². The normalized spacial score (nSPS) is 22.0. The molecular formula is C23H37N3O. The smallest absolute Gasteiger partial charge is 0.225 e. The highest BCUT2D eigenvalue weighted by Gasteiger charge is 2.30. The molecule has 4 heteroatoms. The summed E-state index contributed by atoms with van der Waals surface area (Å²) < 4.78 is 0. The number of carbonyl (C=O) groups is 1. The second-order valence-corrected chi connectivity index (χ2v) is 8.42. The Kier molecular flexibility index (Phi) is 7.17. The first-order valence-corrected chi connectivity index (χ1v) is 11.0. The van der Waals surface area contributed by atoms with Gasteiger partial charge in [0.25, 0.3) is 0 Å². The second kappa shape index (κ2) is 9.59. The standard InChI is InChI=1S/C23H37N3O/c1-4-25(5-2)22-10-8-20(9-11-22)18-24-15-12-21(13-16-24)23(27)26-14-6-7-19(3)17-26/h8-11,19,21H,4-7,12-18H2,1-3H3. The fraction of sp³-hybridized carbons (Fsp3) is 0.696. The van der Waals surface area contributed by atoms with Gasteiger partial charge in [0.05, 0.1) is 0 Å². The number of benzene rings is 1. The molecule has 2 saturated heterocycles. The van der Waals surface area contributed by atoms with Gasteiger partial charge in [-0.05, 0) is 76.2 Å². The summed E-state index contributed by atoms with van der Waals surface area (Å²) in [6.07, 6.45) is 4.48. The van der Waals surface area contributed by atoms with Crippen LogP contribution in [0.4, 0.5) is 5.69 Å². The lowest BCUT2D eigenvalue weighted by molar-refractivity contribution is -0.138. The molecule has 27 heavy (non-hydrogen) atoms. The van der Waals surface area contributed by atoms with Crippen molar-refractivity contribution < 1.29 is 4.79 Å². The molecule has 4 nitrogen and oxygen atoms in total. The van der Waals surface area contributed by atoms with Gasteiger partial charge in [-0.15, -0.1) is 0 Å². The van der Waals surface area contributed by atoms with Gasteiger partial charge in [-0.2, -0.15) is 0 Å². The summed E-state index contributed by atoms with van der Waals surface area (Å²) in [6.45, 7) is 13.8. The largest absolute Gasteiger partial charge is 0.372 e. The first-order valence-electron chi connectivity index (χ1n) is 11.0. The molecule has 0 aromatic heterocycles. The maximum Gasteiger partial charge on any atom is 0.225 e. The van der Waals surface area contributed by atoms with E-state index in [2.05, 4.69) is 59.7 Å². The highest BCUT2D eigenvalue weighted by molar-refractivity contribution is 5.79. The number of hydrogen-bond acceptors (Lipinski definition) is 3. The fourth-order valence-electron chi connectivity index (χ4n) is 4.64. The summed E-state index contributed by atoms with van der Waals surface area (Å²) in [5, 5.41) is 0. The zero-order chi connectivity index (χ0) is 19.2. The van der Waals surface area contributed by atoms with Crippen LogP contribution < -0.4 is 4.90 Å². The first-order chi connectivity index (χ1) is 13.1. The third-order valence-corrected chi connectivity index (χ3v) is 6.38. The van der Waals surface area contributed by atoms with Gasteiger partial charge in [0, 0.05) is 44.3 Å². The van der Waals surface area contributed by atoms with Crippen LogP contribution in [-0.4, -0.2) is 55.0 Å². The average molecular weight is 372 g/mol. The van der Waals surface area contributed by atoms with E-state index >= 15 is 0 Å². The maximum atomic E-state index is 12.8. The van der Waals surface area contributed by atoms with Gasteiger partial charge in [0.1, 0.15) is 0 Å². The van der Waals surface area contributed by atoms with Gasteiger partial charge in [-0.3, -0.25) is 9.69 Å². The SMILES string of the molecule is CCN(CC)c1ccc(CN2CCC(C(=O)N3CCCC(C)C3)CC2)cc1. The summed E-state index contributed by atoms with van der Waals surface area (Å²) in [6, 6.07) is 9.02. The summed E-state index contributed by atoms with van der Waals surface area (Å²) in [7, 11) is 0. The van der Waals surface area contributed by atoms with E-state index in [9.17, 15) is 4.79 Å². The molecule has 2 fully saturated rings. The summed E-state index contributed by atoms with van der Waals surface area (Å²) in [4.78, 5) is 19.9. The Morgan fingerprint density at radius 2 is 1.70 bits per heavy atom. The van der Waals surface area contributed by atoms with Crippen molar-refractivity contribution >= 4 is 11.6 Å². The van der Waals surface area contributed by atoms with Gasteiger partial charge < -0.3 is 9.80 Å². The summed E-state index contributed by atoms with van der Waals surface area (Å²) >= 11 is 0. The Hall–Kier alpha value is -1.55. The molecule has 1 aromatic carbocycles. The van der Waals surface area contributed by atoms with E-state index in [1.165, 1.54) is 24.1 Å². The third kappa shape index (κ3) is 5.25. The van der Waals surface area contributed by atoms with Crippen LogP contribution in [0.5, 0.6) is 0 Å². The number of anilines is 1. The lowest BCUT2D eigenvalue weighted by Gasteiger charge is -2.37. The molecule has 2 aliphatic rings. The Bertz CT molecular complexity index is 588. The maximum absolute atomic E-state index is 12.8. The molecule has 0 radical (unpaired) electrons. The van der Waals surface area contributed by atoms with Crippen LogP contribution >= 0.6 is 0 Å². The number of hydrogen-bond donors (Lipinski definition) is 0. The van der Waals surface area contributed by atoms with Crippen molar-refractivity contribution in [1.82, 2.24) is 9.80 Å². The zero-order valence-electron chi connectivity index (χ0n) is 17.5. The third-order valence-electron chi connectivity index (χ3n) is 6.38. The molecule has 0 aliphatic carbocycles. The second-order valence-electron chi connectivity index (χ2n) is 8.42.